The zero-order valence-corrected chi connectivity index (χ0v) is 16.3. The molecule has 2 aromatic carbocycles. The number of hydrazone groups is 1. The fraction of sp³-hybridized carbons (Fsp3) is 0.0667. The summed E-state index contributed by atoms with van der Waals surface area (Å²) >= 11 is 12.4. The van der Waals surface area contributed by atoms with Crippen LogP contribution in [0.1, 0.15) is 5.56 Å². The third kappa shape index (κ3) is 5.80. The van der Waals surface area contributed by atoms with Crippen LogP contribution >= 0.6 is 43.5 Å². The summed E-state index contributed by atoms with van der Waals surface area (Å²) < 4.78 is 6.94. The van der Waals surface area contributed by atoms with Crippen LogP contribution in [0.15, 0.2) is 50.4 Å². The van der Waals surface area contributed by atoms with Gasteiger partial charge in [-0.1, -0.05) is 33.6 Å². The minimum absolute atomic E-state index is 0.0275. The van der Waals surface area contributed by atoms with E-state index in [4.69, 9.17) is 16.3 Å². The summed E-state index contributed by atoms with van der Waals surface area (Å²) in [6.45, 7) is -0.238. The van der Waals surface area contributed by atoms with E-state index in [0.29, 0.717) is 15.8 Å². The minimum atomic E-state index is -0.595. The van der Waals surface area contributed by atoms with Crippen LogP contribution < -0.4 is 10.2 Å². The first-order chi connectivity index (χ1) is 11.9. The molecule has 10 heteroatoms. The van der Waals surface area contributed by atoms with Crippen LogP contribution in [0.25, 0.3) is 0 Å². The van der Waals surface area contributed by atoms with Crippen molar-refractivity contribution >= 4 is 61.3 Å². The average Bonchev–Trinajstić information content (AvgIpc) is 2.55. The third-order valence-corrected chi connectivity index (χ3v) is 4.26. The maximum absolute atomic E-state index is 11.7. The Morgan fingerprint density at radius 1 is 1.32 bits per heavy atom. The molecule has 0 spiro atoms. The molecule has 0 saturated heterocycles. The summed E-state index contributed by atoms with van der Waals surface area (Å²) in [5.41, 5.74) is 2.46. The van der Waals surface area contributed by atoms with Crippen LogP contribution in [0, 0.1) is 10.1 Å². The number of ether oxygens (including phenoxy) is 1. The van der Waals surface area contributed by atoms with Crippen molar-refractivity contribution in [1.82, 2.24) is 5.43 Å². The molecule has 0 saturated carbocycles. The molecule has 0 aliphatic heterocycles. The number of hydrogen-bond acceptors (Lipinski definition) is 5. The van der Waals surface area contributed by atoms with E-state index in [1.807, 2.05) is 0 Å². The third-order valence-electron chi connectivity index (χ3n) is 2.82. The van der Waals surface area contributed by atoms with Crippen LogP contribution in [0.2, 0.25) is 5.02 Å². The van der Waals surface area contributed by atoms with Crippen LogP contribution in [0.4, 0.5) is 5.69 Å². The molecule has 0 heterocycles. The zero-order valence-electron chi connectivity index (χ0n) is 12.4. The van der Waals surface area contributed by atoms with Gasteiger partial charge < -0.3 is 4.74 Å². The number of nitrogens with one attached hydrogen (secondary N) is 1. The normalized spacial score (nSPS) is 10.7. The number of nitro groups is 1. The highest BCUT2D eigenvalue weighted by Crippen LogP contribution is 2.28. The van der Waals surface area contributed by atoms with E-state index in [-0.39, 0.29) is 17.3 Å². The van der Waals surface area contributed by atoms with Gasteiger partial charge >= 0.3 is 0 Å². The Morgan fingerprint density at radius 2 is 2.08 bits per heavy atom. The lowest BCUT2D eigenvalue weighted by molar-refractivity contribution is -0.384. The molecule has 25 heavy (non-hydrogen) atoms. The summed E-state index contributed by atoms with van der Waals surface area (Å²) in [6.07, 6.45) is 1.27. The summed E-state index contributed by atoms with van der Waals surface area (Å²) in [5, 5.41) is 14.6. The van der Waals surface area contributed by atoms with Crippen molar-refractivity contribution in [2.75, 3.05) is 6.61 Å². The quantitative estimate of drug-likeness (QED) is 0.370. The number of amides is 1. The number of benzene rings is 2. The maximum Gasteiger partial charge on any atom is 0.288 e. The molecule has 2 aromatic rings. The highest BCUT2D eigenvalue weighted by molar-refractivity contribution is 9.11. The maximum atomic E-state index is 11.7. The molecular formula is C15H10Br2ClN3O4. The highest BCUT2D eigenvalue weighted by atomic mass is 79.9. The van der Waals surface area contributed by atoms with Crippen molar-refractivity contribution in [2.24, 2.45) is 5.10 Å². The molecule has 0 radical (unpaired) electrons. The topological polar surface area (TPSA) is 93.8 Å². The van der Waals surface area contributed by atoms with Crippen molar-refractivity contribution in [3.8, 4) is 5.75 Å². The molecule has 0 fully saturated rings. The zero-order chi connectivity index (χ0) is 18.4. The van der Waals surface area contributed by atoms with Gasteiger partial charge in [0.15, 0.2) is 6.61 Å². The van der Waals surface area contributed by atoms with Gasteiger partial charge in [0.25, 0.3) is 11.6 Å². The van der Waals surface area contributed by atoms with Crippen LogP contribution in [-0.4, -0.2) is 23.7 Å². The molecule has 1 N–H and O–H groups in total. The van der Waals surface area contributed by atoms with E-state index in [0.717, 1.165) is 4.47 Å². The van der Waals surface area contributed by atoms with E-state index >= 15 is 0 Å². The second-order valence-corrected chi connectivity index (χ2v) is 6.80. The summed E-state index contributed by atoms with van der Waals surface area (Å²) in [5.74, 6) is 0.0326. The lowest BCUT2D eigenvalue weighted by atomic mass is 10.2. The van der Waals surface area contributed by atoms with Crippen molar-refractivity contribution in [1.29, 1.82) is 0 Å². The molecule has 1 amide bonds. The average molecular weight is 492 g/mol. The van der Waals surface area contributed by atoms with Crippen LogP contribution in [-0.2, 0) is 4.79 Å². The first-order valence-electron chi connectivity index (χ1n) is 6.70. The van der Waals surface area contributed by atoms with E-state index in [1.54, 1.807) is 24.3 Å². The van der Waals surface area contributed by atoms with Gasteiger partial charge in [0.05, 0.1) is 15.6 Å². The summed E-state index contributed by atoms with van der Waals surface area (Å²) in [6, 6.07) is 9.46. The molecule has 2 rings (SSSR count). The molecular weight excluding hydrogens is 481 g/mol. The van der Waals surface area contributed by atoms with Crippen molar-refractivity contribution in [3.05, 3.63) is 66.0 Å². The molecule has 0 bridgehead atoms. The minimum Gasteiger partial charge on any atom is -0.483 e. The number of nitrogens with zero attached hydrogens (tertiary/aromatic N) is 2. The summed E-state index contributed by atoms with van der Waals surface area (Å²) in [7, 11) is 0. The van der Waals surface area contributed by atoms with Crippen LogP contribution in [0.5, 0.6) is 5.75 Å². The Bertz CT molecular complexity index is 846. The van der Waals surface area contributed by atoms with Gasteiger partial charge in [-0.15, -0.1) is 0 Å². The fourth-order valence-corrected chi connectivity index (χ4v) is 3.04. The van der Waals surface area contributed by atoms with Gasteiger partial charge in [-0.05, 0) is 40.2 Å². The monoisotopic (exact) mass is 489 g/mol. The van der Waals surface area contributed by atoms with Gasteiger partial charge in [0, 0.05) is 16.1 Å². The molecule has 0 aliphatic carbocycles. The predicted octanol–water partition coefficient (Wildman–Crippen LogP) is 4.30. The number of carbonyl (C=O) groups is 1. The lowest BCUT2D eigenvalue weighted by Gasteiger charge is -2.07. The largest absolute Gasteiger partial charge is 0.483 e. The summed E-state index contributed by atoms with van der Waals surface area (Å²) in [4.78, 5) is 21.9. The van der Waals surface area contributed by atoms with Gasteiger partial charge in [-0.2, -0.15) is 5.10 Å². The molecule has 0 aromatic heterocycles. The Hall–Kier alpha value is -1.97. The number of carbonyl (C=O) groups excluding carboxylic acids is 1. The van der Waals surface area contributed by atoms with Gasteiger partial charge in [-0.3, -0.25) is 14.9 Å². The Labute approximate surface area is 164 Å². The SMILES string of the molecule is O=C(COc1ccc(Br)cc1Br)NN=Cc1ccc(Cl)c([N+](=O)[O-])c1. The van der Waals surface area contributed by atoms with Gasteiger partial charge in [0.2, 0.25) is 0 Å². The number of rotatable bonds is 6. The Balaban J connectivity index is 1.90. The molecule has 0 unspecified atom stereocenters. The molecule has 130 valence electrons. The number of halogens is 3. The first-order valence-corrected chi connectivity index (χ1v) is 8.67. The van der Waals surface area contributed by atoms with Crippen molar-refractivity contribution in [3.63, 3.8) is 0 Å². The van der Waals surface area contributed by atoms with E-state index in [1.165, 1.54) is 18.3 Å². The van der Waals surface area contributed by atoms with E-state index < -0.39 is 10.8 Å². The number of hydrogen-bond donors (Lipinski definition) is 1. The Kier molecular flexibility index (Phi) is 6.91. The van der Waals surface area contributed by atoms with Crippen molar-refractivity contribution in [2.45, 2.75) is 0 Å². The van der Waals surface area contributed by atoms with E-state index in [9.17, 15) is 14.9 Å². The highest BCUT2D eigenvalue weighted by Gasteiger charge is 2.12. The molecule has 7 nitrogen and oxygen atoms in total. The van der Waals surface area contributed by atoms with E-state index in [2.05, 4.69) is 42.4 Å². The standard InChI is InChI=1S/C15H10Br2ClN3O4/c16-10-2-4-14(11(17)6-10)25-8-15(22)20-19-7-9-1-3-12(18)13(5-9)21(23)24/h1-7H,8H2,(H,20,22). The lowest BCUT2D eigenvalue weighted by Crippen LogP contribution is -2.24. The van der Waals surface area contributed by atoms with Gasteiger partial charge in [-0.25, -0.2) is 5.43 Å². The first kappa shape index (κ1) is 19.4. The molecule has 0 aliphatic rings. The van der Waals surface area contributed by atoms with Gasteiger partial charge in [0.1, 0.15) is 10.8 Å². The smallest absolute Gasteiger partial charge is 0.288 e. The Morgan fingerprint density at radius 3 is 2.76 bits per heavy atom. The molecule has 0 atom stereocenters. The van der Waals surface area contributed by atoms with Crippen LogP contribution in [0.3, 0.4) is 0 Å². The second kappa shape index (κ2) is 8.93. The number of nitro benzene ring substituents is 1. The van der Waals surface area contributed by atoms with Crippen molar-refractivity contribution < 1.29 is 14.5 Å². The second-order valence-electron chi connectivity index (χ2n) is 4.62. The fourth-order valence-electron chi connectivity index (χ4n) is 1.70. The predicted molar refractivity (Wildman–Crippen MR) is 101 cm³/mol.